The molecule has 7 nitrogen and oxygen atoms in total. The summed E-state index contributed by atoms with van der Waals surface area (Å²) in [6.07, 6.45) is 0. The van der Waals surface area contributed by atoms with Gasteiger partial charge in [-0.25, -0.2) is 0 Å². The van der Waals surface area contributed by atoms with E-state index in [1.807, 2.05) is 27.1 Å². The van der Waals surface area contributed by atoms with E-state index in [2.05, 4.69) is 15.3 Å². The van der Waals surface area contributed by atoms with Crippen molar-refractivity contribution in [2.45, 2.75) is 12.1 Å². The van der Waals surface area contributed by atoms with E-state index in [0.717, 1.165) is 23.1 Å². The van der Waals surface area contributed by atoms with Gasteiger partial charge < -0.3 is 9.67 Å². The second-order valence-corrected chi connectivity index (χ2v) is 4.78. The molecule has 0 spiro atoms. The monoisotopic (exact) mass is 267 g/mol. The molecule has 0 aliphatic rings. The van der Waals surface area contributed by atoms with Crippen molar-refractivity contribution in [2.24, 2.45) is 14.1 Å². The highest BCUT2D eigenvalue weighted by Crippen LogP contribution is 2.22. The number of aryl methyl sites for hydroxylation is 2. The van der Waals surface area contributed by atoms with E-state index in [0.29, 0.717) is 11.0 Å². The Morgan fingerprint density at radius 1 is 1.44 bits per heavy atom. The Kier molecular flexibility index (Phi) is 3.37. The molecule has 0 amide bonds. The van der Waals surface area contributed by atoms with Crippen LogP contribution >= 0.6 is 11.8 Å². The van der Waals surface area contributed by atoms with Crippen molar-refractivity contribution in [3.8, 4) is 11.5 Å². The SMILES string of the molecule is Cc1cc(-c2nnc(SCC(=O)O)n2C)n(C)n1. The first-order valence-corrected chi connectivity index (χ1v) is 6.22. The number of aliphatic carboxylic acids is 1. The maximum absolute atomic E-state index is 10.5. The summed E-state index contributed by atoms with van der Waals surface area (Å²) < 4.78 is 3.50. The fourth-order valence-corrected chi connectivity index (χ4v) is 2.24. The van der Waals surface area contributed by atoms with Gasteiger partial charge in [0.2, 0.25) is 0 Å². The molecule has 0 saturated heterocycles. The number of aromatic nitrogens is 5. The molecule has 0 saturated carbocycles. The number of thioether (sulfide) groups is 1. The quantitative estimate of drug-likeness (QED) is 0.821. The third-order valence-corrected chi connectivity index (χ3v) is 3.40. The second kappa shape index (κ2) is 4.81. The van der Waals surface area contributed by atoms with Crippen LogP contribution in [0.15, 0.2) is 11.2 Å². The van der Waals surface area contributed by atoms with Gasteiger partial charge in [-0.1, -0.05) is 11.8 Å². The molecule has 0 unspecified atom stereocenters. The summed E-state index contributed by atoms with van der Waals surface area (Å²) in [7, 11) is 3.64. The van der Waals surface area contributed by atoms with Crippen molar-refractivity contribution >= 4 is 17.7 Å². The van der Waals surface area contributed by atoms with Gasteiger partial charge in [0.15, 0.2) is 11.0 Å². The molecule has 2 heterocycles. The average molecular weight is 267 g/mol. The molecule has 96 valence electrons. The first-order chi connectivity index (χ1) is 8.49. The van der Waals surface area contributed by atoms with Gasteiger partial charge in [0.1, 0.15) is 5.69 Å². The van der Waals surface area contributed by atoms with Crippen LogP contribution in [0.1, 0.15) is 5.69 Å². The highest BCUT2D eigenvalue weighted by molar-refractivity contribution is 7.99. The minimum Gasteiger partial charge on any atom is -0.481 e. The third-order valence-electron chi connectivity index (χ3n) is 2.39. The van der Waals surface area contributed by atoms with Gasteiger partial charge in [0.05, 0.1) is 11.4 Å². The number of carboxylic acid groups (broad SMARTS) is 1. The van der Waals surface area contributed by atoms with Gasteiger partial charge in [-0.05, 0) is 13.0 Å². The van der Waals surface area contributed by atoms with Gasteiger partial charge in [-0.15, -0.1) is 10.2 Å². The fourth-order valence-electron chi connectivity index (χ4n) is 1.61. The summed E-state index contributed by atoms with van der Waals surface area (Å²) in [6, 6.07) is 1.91. The molecule has 0 fully saturated rings. The van der Waals surface area contributed by atoms with Gasteiger partial charge >= 0.3 is 5.97 Å². The molecule has 2 aromatic heterocycles. The number of carbonyl (C=O) groups is 1. The summed E-state index contributed by atoms with van der Waals surface area (Å²) in [4.78, 5) is 10.5. The zero-order chi connectivity index (χ0) is 13.3. The fraction of sp³-hybridized carbons (Fsp3) is 0.400. The Morgan fingerprint density at radius 3 is 2.72 bits per heavy atom. The average Bonchev–Trinajstić information content (AvgIpc) is 2.79. The molecule has 2 aromatic rings. The van der Waals surface area contributed by atoms with E-state index in [9.17, 15) is 4.79 Å². The second-order valence-electron chi connectivity index (χ2n) is 3.84. The molecular weight excluding hydrogens is 254 g/mol. The van der Waals surface area contributed by atoms with E-state index < -0.39 is 5.97 Å². The first kappa shape index (κ1) is 12.6. The Labute approximate surface area is 108 Å². The van der Waals surface area contributed by atoms with Crippen LogP contribution in [0.2, 0.25) is 0 Å². The minimum atomic E-state index is -0.874. The lowest BCUT2D eigenvalue weighted by atomic mass is 10.3. The lowest BCUT2D eigenvalue weighted by Gasteiger charge is -2.02. The lowest BCUT2D eigenvalue weighted by Crippen LogP contribution is -2.02. The summed E-state index contributed by atoms with van der Waals surface area (Å²) in [5, 5.41) is 21.5. The number of rotatable bonds is 4. The maximum atomic E-state index is 10.5. The highest BCUT2D eigenvalue weighted by atomic mass is 32.2. The predicted octanol–water partition coefficient (Wildman–Crippen LogP) is 0.701. The highest BCUT2D eigenvalue weighted by Gasteiger charge is 2.15. The van der Waals surface area contributed by atoms with Crippen LogP contribution in [0.3, 0.4) is 0 Å². The lowest BCUT2D eigenvalue weighted by molar-refractivity contribution is -0.133. The number of hydrogen-bond donors (Lipinski definition) is 1. The third kappa shape index (κ3) is 2.37. The molecule has 8 heteroatoms. The molecule has 2 rings (SSSR count). The van der Waals surface area contributed by atoms with Crippen LogP contribution in [-0.2, 0) is 18.9 Å². The van der Waals surface area contributed by atoms with Crippen LogP contribution < -0.4 is 0 Å². The van der Waals surface area contributed by atoms with E-state index in [1.165, 1.54) is 0 Å². The molecule has 0 aliphatic carbocycles. The van der Waals surface area contributed by atoms with Crippen molar-refractivity contribution in [3.63, 3.8) is 0 Å². The zero-order valence-electron chi connectivity index (χ0n) is 10.3. The molecule has 0 aromatic carbocycles. The Balaban J connectivity index is 2.30. The van der Waals surface area contributed by atoms with Gasteiger partial charge in [-0.2, -0.15) is 5.10 Å². The maximum Gasteiger partial charge on any atom is 0.313 e. The Morgan fingerprint density at radius 2 is 2.17 bits per heavy atom. The van der Waals surface area contributed by atoms with Crippen molar-refractivity contribution in [3.05, 3.63) is 11.8 Å². The van der Waals surface area contributed by atoms with Gasteiger partial charge in [-0.3, -0.25) is 9.48 Å². The summed E-state index contributed by atoms with van der Waals surface area (Å²) in [6.45, 7) is 1.90. The molecule has 1 N–H and O–H groups in total. The van der Waals surface area contributed by atoms with E-state index >= 15 is 0 Å². The molecule has 0 bridgehead atoms. The summed E-state index contributed by atoms with van der Waals surface area (Å²) >= 11 is 1.14. The minimum absolute atomic E-state index is 0.0314. The Hall–Kier alpha value is -1.83. The largest absolute Gasteiger partial charge is 0.481 e. The van der Waals surface area contributed by atoms with Crippen molar-refractivity contribution in [1.29, 1.82) is 0 Å². The van der Waals surface area contributed by atoms with E-state index in [1.54, 1.807) is 9.25 Å². The molecule has 0 aliphatic heterocycles. The molecule has 0 atom stereocenters. The van der Waals surface area contributed by atoms with Crippen LogP contribution in [0.25, 0.3) is 11.5 Å². The number of hydrogen-bond acceptors (Lipinski definition) is 5. The first-order valence-electron chi connectivity index (χ1n) is 5.24. The zero-order valence-corrected chi connectivity index (χ0v) is 11.1. The number of carboxylic acids is 1. The smallest absolute Gasteiger partial charge is 0.313 e. The van der Waals surface area contributed by atoms with Gasteiger partial charge in [0.25, 0.3) is 0 Å². The van der Waals surface area contributed by atoms with Crippen molar-refractivity contribution in [1.82, 2.24) is 24.5 Å². The van der Waals surface area contributed by atoms with Crippen LogP contribution in [-0.4, -0.2) is 41.4 Å². The van der Waals surface area contributed by atoms with Crippen molar-refractivity contribution < 1.29 is 9.90 Å². The predicted molar refractivity (Wildman–Crippen MR) is 66.3 cm³/mol. The van der Waals surface area contributed by atoms with Crippen LogP contribution in [0, 0.1) is 6.92 Å². The van der Waals surface area contributed by atoms with Crippen LogP contribution in [0.4, 0.5) is 0 Å². The van der Waals surface area contributed by atoms with Gasteiger partial charge in [0, 0.05) is 14.1 Å². The standard InChI is InChI=1S/C10H13N5O2S/c1-6-4-7(15(3)13-6)9-11-12-10(14(9)2)18-5-8(16)17/h4H,5H2,1-3H3,(H,16,17). The summed E-state index contributed by atoms with van der Waals surface area (Å²) in [5.41, 5.74) is 1.75. The molecule has 0 radical (unpaired) electrons. The normalized spacial score (nSPS) is 10.8. The summed E-state index contributed by atoms with van der Waals surface area (Å²) in [5.74, 6) is -0.233. The molecule has 18 heavy (non-hydrogen) atoms. The number of nitrogens with zero attached hydrogens (tertiary/aromatic N) is 5. The Bertz CT molecular complexity index is 589. The van der Waals surface area contributed by atoms with Crippen LogP contribution in [0.5, 0.6) is 0 Å². The van der Waals surface area contributed by atoms with E-state index in [-0.39, 0.29) is 5.75 Å². The topological polar surface area (TPSA) is 85.8 Å². The van der Waals surface area contributed by atoms with Crippen molar-refractivity contribution in [2.75, 3.05) is 5.75 Å². The van der Waals surface area contributed by atoms with E-state index in [4.69, 9.17) is 5.11 Å². The molecular formula is C10H13N5O2S.